The molecule has 1 aliphatic heterocycles. The van der Waals surface area contributed by atoms with Crippen LogP contribution >= 0.6 is 35.8 Å². The number of anilines is 1. The van der Waals surface area contributed by atoms with Crippen LogP contribution in [0, 0.1) is 17.0 Å². The maximum atomic E-state index is 14.1. The summed E-state index contributed by atoms with van der Waals surface area (Å²) in [6.45, 7) is 1.53. The number of aromatic nitrogens is 2. The predicted octanol–water partition coefficient (Wildman–Crippen LogP) is 5.98. The highest BCUT2D eigenvalue weighted by molar-refractivity contribution is 7.92. The van der Waals surface area contributed by atoms with Gasteiger partial charge in [-0.3, -0.25) is 24.4 Å². The molecule has 0 atom stereocenters. The number of aryl methyl sites for hydroxylation is 1. The highest BCUT2D eigenvalue weighted by Gasteiger charge is 2.35. The zero-order chi connectivity index (χ0) is 33.6. The van der Waals surface area contributed by atoms with Crippen molar-refractivity contribution in [1.29, 1.82) is 0 Å². The molecule has 12 nitrogen and oxygen atoms in total. The summed E-state index contributed by atoms with van der Waals surface area (Å²) in [5, 5.41) is 11.5. The number of benzene rings is 4. The minimum atomic E-state index is -4.44. The molecule has 4 aromatic carbocycles. The first-order chi connectivity index (χ1) is 22.4. The lowest BCUT2D eigenvalue weighted by Crippen LogP contribution is -2.49. The number of fused-ring (bicyclic) bond motifs is 1. The minimum absolute atomic E-state index is 0.0362. The molecular formula is C31H20Cl2N6O6S2. The number of nitrogens with one attached hydrogen (secondary N) is 1. The van der Waals surface area contributed by atoms with Gasteiger partial charge in [0.1, 0.15) is 11.5 Å². The molecule has 1 aliphatic rings. The second-order valence-electron chi connectivity index (χ2n) is 10.1. The zero-order valence-corrected chi connectivity index (χ0v) is 27.2. The Bertz CT molecular complexity index is 2360. The summed E-state index contributed by atoms with van der Waals surface area (Å²) in [4.78, 5) is 47.9. The van der Waals surface area contributed by atoms with E-state index in [4.69, 9.17) is 23.2 Å². The van der Waals surface area contributed by atoms with Crippen LogP contribution in [0.1, 0.15) is 17.0 Å². The van der Waals surface area contributed by atoms with Crippen LogP contribution in [0.2, 0.25) is 10.0 Å². The van der Waals surface area contributed by atoms with E-state index in [-0.39, 0.29) is 48.9 Å². The Labute approximate surface area is 282 Å². The number of thiol groups is 1. The number of nitro benzene ring substituents is 1. The van der Waals surface area contributed by atoms with Gasteiger partial charge < -0.3 is 0 Å². The zero-order valence-electron chi connectivity index (χ0n) is 24.0. The van der Waals surface area contributed by atoms with E-state index in [0.29, 0.717) is 16.0 Å². The van der Waals surface area contributed by atoms with Gasteiger partial charge in [-0.2, -0.15) is 9.69 Å². The standard InChI is InChI=1S/C31H20Cl2N6O6S2/c1-17-34-25-12-11-21(47(44,45)36-28-23(32)14-20(39(42)43)15-24(28)33)16-22(25)30(40)37(17)38-29(18-7-3-2-4-8-18)35-26(31(38)41)13-19-9-5-6-10-27(19)46/h2-16,36,46H,1H3/b26-13-. The lowest BCUT2D eigenvalue weighted by molar-refractivity contribution is -0.384. The average molecular weight is 708 g/mol. The van der Waals surface area contributed by atoms with Crippen LogP contribution < -0.4 is 15.3 Å². The predicted molar refractivity (Wildman–Crippen MR) is 183 cm³/mol. The Morgan fingerprint density at radius 3 is 2.28 bits per heavy atom. The first-order valence-corrected chi connectivity index (χ1v) is 16.2. The molecule has 0 spiro atoms. The lowest BCUT2D eigenvalue weighted by atomic mass is 10.2. The molecule has 1 aromatic heterocycles. The first kappa shape index (κ1) is 31.9. The Morgan fingerprint density at radius 1 is 0.957 bits per heavy atom. The number of hydrogen-bond donors (Lipinski definition) is 2. The molecule has 0 unspecified atom stereocenters. The smallest absolute Gasteiger partial charge is 0.277 e. The molecule has 1 amide bonds. The van der Waals surface area contributed by atoms with E-state index in [0.717, 1.165) is 27.9 Å². The number of carbonyl (C=O) groups is 1. The molecule has 0 saturated carbocycles. The van der Waals surface area contributed by atoms with Crippen LogP contribution in [0.5, 0.6) is 0 Å². The second-order valence-corrected chi connectivity index (χ2v) is 13.1. The van der Waals surface area contributed by atoms with E-state index >= 15 is 0 Å². The Hall–Kier alpha value is -5.02. The molecule has 6 rings (SSSR count). The SMILES string of the molecule is Cc1nc2ccc(S(=O)(=O)Nc3c(Cl)cc([N+](=O)[O-])cc3Cl)cc2c(=O)n1N1C(=O)/C(=C/c2ccccc2S)N=C1c1ccccc1. The van der Waals surface area contributed by atoms with Crippen molar-refractivity contribution in [3.8, 4) is 0 Å². The number of amidine groups is 1. The number of nitro groups is 1. The van der Waals surface area contributed by atoms with Crippen LogP contribution in [0.25, 0.3) is 17.0 Å². The van der Waals surface area contributed by atoms with Crippen LogP contribution in [0.3, 0.4) is 0 Å². The third-order valence-electron chi connectivity index (χ3n) is 7.06. The number of amides is 1. The van der Waals surface area contributed by atoms with E-state index in [1.165, 1.54) is 19.1 Å². The van der Waals surface area contributed by atoms with Crippen molar-refractivity contribution >= 4 is 86.0 Å². The maximum absolute atomic E-state index is 14.1. The summed E-state index contributed by atoms with van der Waals surface area (Å²) in [5.74, 6) is -0.342. The number of nitrogens with zero attached hydrogens (tertiary/aromatic N) is 5. The first-order valence-electron chi connectivity index (χ1n) is 13.5. The molecule has 16 heteroatoms. The van der Waals surface area contributed by atoms with Crippen molar-refractivity contribution in [1.82, 2.24) is 9.66 Å². The number of hydrogen-bond acceptors (Lipinski definition) is 9. The fourth-order valence-electron chi connectivity index (χ4n) is 4.85. The molecule has 0 saturated heterocycles. The van der Waals surface area contributed by atoms with E-state index in [9.17, 15) is 28.1 Å². The van der Waals surface area contributed by atoms with Gasteiger partial charge in [-0.1, -0.05) is 71.7 Å². The largest absolute Gasteiger partial charge is 0.297 e. The molecule has 5 aromatic rings. The number of aliphatic imine (C=N–C) groups is 1. The quantitative estimate of drug-likeness (QED) is 0.0913. The van der Waals surface area contributed by atoms with Gasteiger partial charge in [0.25, 0.3) is 27.2 Å². The molecule has 1 N–H and O–H groups in total. The third-order valence-corrected chi connectivity index (χ3v) is 9.41. The molecule has 2 heterocycles. The molecule has 0 aliphatic carbocycles. The maximum Gasteiger partial charge on any atom is 0.297 e. The van der Waals surface area contributed by atoms with Crippen molar-refractivity contribution < 1.29 is 18.1 Å². The highest BCUT2D eigenvalue weighted by atomic mass is 35.5. The van der Waals surface area contributed by atoms with E-state index in [1.54, 1.807) is 60.7 Å². The van der Waals surface area contributed by atoms with Gasteiger partial charge >= 0.3 is 0 Å². The van der Waals surface area contributed by atoms with Gasteiger partial charge in [0, 0.05) is 22.6 Å². The number of carbonyl (C=O) groups excluding carboxylic acids is 1. The van der Waals surface area contributed by atoms with Gasteiger partial charge in [0.05, 0.1) is 36.5 Å². The summed E-state index contributed by atoms with van der Waals surface area (Å²) < 4.78 is 30.1. The second kappa shape index (κ2) is 12.3. The van der Waals surface area contributed by atoms with Crippen LogP contribution in [-0.2, 0) is 14.8 Å². The molecule has 0 bridgehead atoms. The molecule has 0 fully saturated rings. The fourth-order valence-corrected chi connectivity index (χ4v) is 6.88. The summed E-state index contributed by atoms with van der Waals surface area (Å²) in [5.41, 5.74) is -0.0948. The monoisotopic (exact) mass is 706 g/mol. The third kappa shape index (κ3) is 5.99. The summed E-state index contributed by atoms with van der Waals surface area (Å²) in [6, 6.07) is 21.5. The lowest BCUT2D eigenvalue weighted by Gasteiger charge is -2.22. The van der Waals surface area contributed by atoms with Gasteiger partial charge in [-0.05, 0) is 42.8 Å². The number of halogens is 2. The van der Waals surface area contributed by atoms with Crippen molar-refractivity contribution in [2.45, 2.75) is 16.7 Å². The number of non-ortho nitro benzene ring substituents is 1. The van der Waals surface area contributed by atoms with Crippen molar-refractivity contribution in [3.63, 3.8) is 0 Å². The van der Waals surface area contributed by atoms with Crippen molar-refractivity contribution in [2.24, 2.45) is 4.99 Å². The van der Waals surface area contributed by atoms with Crippen LogP contribution in [0.15, 0.2) is 110 Å². The molecule has 0 radical (unpaired) electrons. The molecule has 47 heavy (non-hydrogen) atoms. The highest BCUT2D eigenvalue weighted by Crippen LogP contribution is 2.36. The Balaban J connectivity index is 1.47. The average Bonchev–Trinajstić information content (AvgIpc) is 3.35. The molecule has 236 valence electrons. The van der Waals surface area contributed by atoms with Crippen LogP contribution in [0.4, 0.5) is 11.4 Å². The van der Waals surface area contributed by atoms with E-state index < -0.39 is 32.1 Å². The van der Waals surface area contributed by atoms with Crippen LogP contribution in [-0.4, -0.2) is 34.7 Å². The minimum Gasteiger partial charge on any atom is -0.277 e. The molecular weight excluding hydrogens is 687 g/mol. The Morgan fingerprint density at radius 2 is 1.62 bits per heavy atom. The summed E-state index contributed by atoms with van der Waals surface area (Å²) in [6.07, 6.45) is 1.56. The summed E-state index contributed by atoms with van der Waals surface area (Å²) in [7, 11) is -4.44. The van der Waals surface area contributed by atoms with Crippen molar-refractivity contribution in [2.75, 3.05) is 9.73 Å². The Kier molecular flexibility index (Phi) is 8.36. The van der Waals surface area contributed by atoms with Crippen molar-refractivity contribution in [3.05, 3.63) is 138 Å². The van der Waals surface area contributed by atoms with E-state index in [2.05, 4.69) is 27.3 Å². The number of rotatable bonds is 7. The van der Waals surface area contributed by atoms with Gasteiger partial charge in [-0.15, -0.1) is 12.6 Å². The fraction of sp³-hybridized carbons (Fsp3) is 0.0323. The van der Waals surface area contributed by atoms with Gasteiger partial charge in [0.15, 0.2) is 5.84 Å². The summed E-state index contributed by atoms with van der Waals surface area (Å²) >= 11 is 16.7. The van der Waals surface area contributed by atoms with Gasteiger partial charge in [0.2, 0.25) is 0 Å². The normalized spacial score (nSPS) is 14.1. The van der Waals surface area contributed by atoms with Gasteiger partial charge in [-0.25, -0.2) is 18.4 Å². The number of sulfonamides is 1. The topological polar surface area (TPSA) is 157 Å². The van der Waals surface area contributed by atoms with E-state index in [1.807, 2.05) is 0 Å².